The maximum atomic E-state index is 9.77. The van der Waals surface area contributed by atoms with E-state index >= 15 is 0 Å². The molecule has 19 heavy (non-hydrogen) atoms. The van der Waals surface area contributed by atoms with Crippen molar-refractivity contribution in [3.63, 3.8) is 0 Å². The van der Waals surface area contributed by atoms with Crippen molar-refractivity contribution >= 4 is 0 Å². The summed E-state index contributed by atoms with van der Waals surface area (Å²) < 4.78 is 15.9. The van der Waals surface area contributed by atoms with Crippen molar-refractivity contribution in [2.75, 3.05) is 33.5 Å². The molecule has 1 aromatic rings. The van der Waals surface area contributed by atoms with Crippen molar-refractivity contribution in [3.8, 4) is 23.3 Å². The van der Waals surface area contributed by atoms with E-state index in [1.807, 2.05) is 6.07 Å². The van der Waals surface area contributed by atoms with Crippen LogP contribution in [-0.2, 0) is 0 Å². The third-order valence-electron chi connectivity index (χ3n) is 2.65. The zero-order chi connectivity index (χ0) is 13.7. The van der Waals surface area contributed by atoms with Gasteiger partial charge in [-0.15, -0.1) is 0 Å². The number of aliphatic hydroxyl groups excluding tert-OH is 1. The Balaban J connectivity index is 1.80. The highest BCUT2D eigenvalue weighted by Crippen LogP contribution is 2.35. The maximum Gasteiger partial charge on any atom is 0.231 e. The van der Waals surface area contributed by atoms with Crippen LogP contribution in [0.3, 0.4) is 0 Å². The summed E-state index contributed by atoms with van der Waals surface area (Å²) >= 11 is 0. The summed E-state index contributed by atoms with van der Waals surface area (Å²) in [5, 5.41) is 18.3. The predicted octanol–water partition coefficient (Wildman–Crippen LogP) is 0.610. The molecular formula is C13H16N2O4. The molecular weight excluding hydrogens is 248 g/mol. The van der Waals surface area contributed by atoms with Crippen LogP contribution in [0.2, 0.25) is 0 Å². The van der Waals surface area contributed by atoms with Gasteiger partial charge < -0.3 is 19.3 Å². The minimum absolute atomic E-state index is 0.162. The molecule has 6 nitrogen and oxygen atoms in total. The van der Waals surface area contributed by atoms with Crippen LogP contribution in [0, 0.1) is 11.3 Å². The van der Waals surface area contributed by atoms with Gasteiger partial charge in [0.1, 0.15) is 18.5 Å². The fourth-order valence-corrected chi connectivity index (χ4v) is 1.76. The van der Waals surface area contributed by atoms with Crippen LogP contribution in [-0.4, -0.2) is 49.6 Å². The molecule has 0 radical (unpaired) electrons. The molecule has 1 N–H and O–H groups in total. The lowest BCUT2D eigenvalue weighted by Crippen LogP contribution is -2.33. The third kappa shape index (κ3) is 3.74. The van der Waals surface area contributed by atoms with Gasteiger partial charge in [-0.25, -0.2) is 0 Å². The van der Waals surface area contributed by atoms with E-state index in [1.165, 1.54) is 0 Å². The lowest BCUT2D eigenvalue weighted by Gasteiger charge is -2.18. The highest BCUT2D eigenvalue weighted by atomic mass is 16.7. The minimum Gasteiger partial charge on any atom is -0.491 e. The molecule has 0 bridgehead atoms. The number of aliphatic hydroxyl groups is 1. The Kier molecular flexibility index (Phi) is 4.44. The number of benzene rings is 1. The van der Waals surface area contributed by atoms with E-state index in [-0.39, 0.29) is 19.9 Å². The Morgan fingerprint density at radius 2 is 2.26 bits per heavy atom. The first-order valence-corrected chi connectivity index (χ1v) is 5.95. The normalized spacial score (nSPS) is 14.2. The number of ether oxygens (including phenoxy) is 3. The van der Waals surface area contributed by atoms with E-state index in [0.717, 1.165) is 0 Å². The second-order valence-corrected chi connectivity index (χ2v) is 4.33. The first-order chi connectivity index (χ1) is 9.19. The highest BCUT2D eigenvalue weighted by Gasteiger charge is 2.14. The molecule has 0 aromatic heterocycles. The molecule has 0 amide bonds. The van der Waals surface area contributed by atoms with Crippen molar-refractivity contribution in [3.05, 3.63) is 18.2 Å². The average Bonchev–Trinajstić information content (AvgIpc) is 2.83. The number of nitrogens with zero attached hydrogens (tertiary/aromatic N) is 2. The van der Waals surface area contributed by atoms with Gasteiger partial charge >= 0.3 is 0 Å². The Hall–Kier alpha value is -1.97. The summed E-state index contributed by atoms with van der Waals surface area (Å²) in [5.74, 6) is 1.96. The van der Waals surface area contributed by atoms with Crippen molar-refractivity contribution in [2.24, 2.45) is 0 Å². The Morgan fingerprint density at radius 3 is 3.05 bits per heavy atom. The van der Waals surface area contributed by atoms with Crippen molar-refractivity contribution < 1.29 is 19.3 Å². The van der Waals surface area contributed by atoms with Crippen molar-refractivity contribution in [1.82, 2.24) is 4.90 Å². The van der Waals surface area contributed by atoms with Gasteiger partial charge in [0.2, 0.25) is 6.79 Å². The summed E-state index contributed by atoms with van der Waals surface area (Å²) in [6.45, 7) is 1.05. The third-order valence-corrected chi connectivity index (χ3v) is 2.65. The zero-order valence-corrected chi connectivity index (χ0v) is 10.7. The van der Waals surface area contributed by atoms with Gasteiger partial charge in [-0.05, 0) is 19.2 Å². The first-order valence-electron chi connectivity index (χ1n) is 5.95. The largest absolute Gasteiger partial charge is 0.491 e. The lowest BCUT2D eigenvalue weighted by atomic mass is 10.3. The van der Waals surface area contributed by atoms with E-state index in [4.69, 9.17) is 19.5 Å². The molecule has 0 saturated carbocycles. The number of hydrogen-bond donors (Lipinski definition) is 1. The fraction of sp³-hybridized carbons (Fsp3) is 0.462. The van der Waals surface area contributed by atoms with Gasteiger partial charge in [0.25, 0.3) is 0 Å². The van der Waals surface area contributed by atoms with Crippen LogP contribution < -0.4 is 14.2 Å². The number of likely N-dealkylation sites (N-methyl/N-ethyl adjacent to an activating group) is 1. The molecule has 1 heterocycles. The molecule has 0 spiro atoms. The Bertz CT molecular complexity index is 472. The molecule has 0 fully saturated rings. The lowest BCUT2D eigenvalue weighted by molar-refractivity contribution is 0.0798. The zero-order valence-electron chi connectivity index (χ0n) is 10.7. The summed E-state index contributed by atoms with van der Waals surface area (Å²) in [6, 6.07) is 7.28. The quantitative estimate of drug-likeness (QED) is 0.759. The van der Waals surface area contributed by atoms with Gasteiger partial charge in [-0.1, -0.05) is 0 Å². The second-order valence-electron chi connectivity index (χ2n) is 4.33. The van der Waals surface area contributed by atoms with Gasteiger partial charge in [-0.2, -0.15) is 5.26 Å². The van der Waals surface area contributed by atoms with E-state index in [0.29, 0.717) is 23.8 Å². The summed E-state index contributed by atoms with van der Waals surface area (Å²) in [7, 11) is 1.77. The smallest absolute Gasteiger partial charge is 0.231 e. The average molecular weight is 264 g/mol. The molecule has 1 unspecified atom stereocenters. The summed E-state index contributed by atoms with van der Waals surface area (Å²) in [5.41, 5.74) is 0. The van der Waals surface area contributed by atoms with E-state index in [1.54, 1.807) is 30.1 Å². The molecule has 0 aliphatic carbocycles. The Morgan fingerprint density at radius 1 is 1.47 bits per heavy atom. The van der Waals surface area contributed by atoms with Gasteiger partial charge in [0.05, 0.1) is 12.6 Å². The molecule has 1 atom stereocenters. The maximum absolute atomic E-state index is 9.77. The van der Waals surface area contributed by atoms with Gasteiger partial charge in [0, 0.05) is 12.6 Å². The molecule has 6 heteroatoms. The first kappa shape index (κ1) is 13.5. The number of fused-ring (bicyclic) bond motifs is 1. The van der Waals surface area contributed by atoms with Crippen molar-refractivity contribution in [2.45, 2.75) is 6.10 Å². The molecule has 1 aromatic carbocycles. The van der Waals surface area contributed by atoms with Crippen LogP contribution in [0.15, 0.2) is 18.2 Å². The standard InChI is InChI=1S/C13H16N2O4/c1-15(5-4-14)7-10(16)8-17-11-2-3-12-13(6-11)19-9-18-12/h2-3,6,10,16H,5,7-9H2,1H3. The van der Waals surface area contributed by atoms with E-state index < -0.39 is 6.10 Å². The topological polar surface area (TPSA) is 75.0 Å². The SMILES string of the molecule is CN(CC#N)CC(O)COc1ccc2c(c1)OCO2. The summed E-state index contributed by atoms with van der Waals surface area (Å²) in [6.07, 6.45) is -0.649. The highest BCUT2D eigenvalue weighted by molar-refractivity contribution is 5.46. The Labute approximate surface area is 111 Å². The predicted molar refractivity (Wildman–Crippen MR) is 67.2 cm³/mol. The van der Waals surface area contributed by atoms with Crippen LogP contribution in [0.1, 0.15) is 0 Å². The minimum atomic E-state index is -0.649. The second kappa shape index (κ2) is 6.27. The van der Waals surface area contributed by atoms with E-state index in [9.17, 15) is 5.11 Å². The van der Waals surface area contributed by atoms with Crippen LogP contribution in [0.4, 0.5) is 0 Å². The number of hydrogen-bond acceptors (Lipinski definition) is 6. The number of nitriles is 1. The molecule has 0 saturated heterocycles. The van der Waals surface area contributed by atoms with Crippen LogP contribution in [0.5, 0.6) is 17.2 Å². The van der Waals surface area contributed by atoms with Crippen LogP contribution >= 0.6 is 0 Å². The summed E-state index contributed by atoms with van der Waals surface area (Å²) in [4.78, 5) is 1.73. The molecule has 1 aliphatic rings. The van der Waals surface area contributed by atoms with E-state index in [2.05, 4.69) is 0 Å². The van der Waals surface area contributed by atoms with Gasteiger partial charge in [0.15, 0.2) is 11.5 Å². The fourth-order valence-electron chi connectivity index (χ4n) is 1.76. The monoisotopic (exact) mass is 264 g/mol. The molecule has 102 valence electrons. The van der Waals surface area contributed by atoms with Gasteiger partial charge in [-0.3, -0.25) is 4.90 Å². The number of rotatable bonds is 6. The molecule has 2 rings (SSSR count). The van der Waals surface area contributed by atoms with Crippen LogP contribution in [0.25, 0.3) is 0 Å². The molecule has 1 aliphatic heterocycles. The van der Waals surface area contributed by atoms with Crippen molar-refractivity contribution in [1.29, 1.82) is 5.26 Å².